The number of carbonyl (C=O) groups is 6. The minimum Gasteiger partial charge on any atom is -0.370 e. The molecular formula is C42H55N11O6. The highest BCUT2D eigenvalue weighted by molar-refractivity contribution is 5.99. The van der Waals surface area contributed by atoms with Gasteiger partial charge in [-0.15, -0.1) is 0 Å². The maximum atomic E-state index is 13.8. The summed E-state index contributed by atoms with van der Waals surface area (Å²) >= 11 is 0. The first-order valence-electron chi connectivity index (χ1n) is 19.4. The van der Waals surface area contributed by atoms with Crippen molar-refractivity contribution in [3.05, 3.63) is 107 Å². The molecule has 1 aromatic heterocycles. The number of fused-ring (bicyclic) bond motifs is 1. The Hall–Kier alpha value is -6.75. The van der Waals surface area contributed by atoms with Crippen LogP contribution in [0.2, 0.25) is 0 Å². The van der Waals surface area contributed by atoms with E-state index in [1.807, 2.05) is 68.4 Å². The van der Waals surface area contributed by atoms with E-state index >= 15 is 0 Å². The minimum atomic E-state index is -1.17. The molecule has 0 aliphatic carbocycles. The maximum absolute atomic E-state index is 13.8. The number of aliphatic imine (C=N–C) groups is 1. The number of amides is 6. The van der Waals surface area contributed by atoms with Gasteiger partial charge in [-0.25, -0.2) is 0 Å². The van der Waals surface area contributed by atoms with Gasteiger partial charge < -0.3 is 54.5 Å². The molecule has 17 heteroatoms. The molecule has 0 saturated heterocycles. The van der Waals surface area contributed by atoms with E-state index in [4.69, 9.17) is 22.9 Å². The molecule has 0 saturated carbocycles. The van der Waals surface area contributed by atoms with Crippen LogP contribution in [0.4, 0.5) is 0 Å². The largest absolute Gasteiger partial charge is 0.370 e. The van der Waals surface area contributed by atoms with Gasteiger partial charge >= 0.3 is 0 Å². The second kappa shape index (κ2) is 22.3. The van der Waals surface area contributed by atoms with Crippen molar-refractivity contribution in [3.63, 3.8) is 0 Å². The molecule has 6 amide bonds. The van der Waals surface area contributed by atoms with Gasteiger partial charge in [-0.05, 0) is 60.1 Å². The number of para-hydroxylation sites is 1. The van der Waals surface area contributed by atoms with Crippen LogP contribution in [-0.4, -0.2) is 83.6 Å². The highest BCUT2D eigenvalue weighted by Crippen LogP contribution is 2.19. The van der Waals surface area contributed by atoms with Crippen LogP contribution in [0.5, 0.6) is 0 Å². The number of rotatable bonds is 22. The molecule has 1 heterocycles. The minimum absolute atomic E-state index is 0.0745. The highest BCUT2D eigenvalue weighted by atomic mass is 16.2. The molecule has 0 aliphatic rings. The van der Waals surface area contributed by atoms with Crippen LogP contribution in [0.3, 0.4) is 0 Å². The van der Waals surface area contributed by atoms with E-state index in [9.17, 15) is 28.8 Å². The van der Waals surface area contributed by atoms with E-state index in [-0.39, 0.29) is 50.5 Å². The van der Waals surface area contributed by atoms with Gasteiger partial charge in [0.15, 0.2) is 5.96 Å². The lowest BCUT2D eigenvalue weighted by Gasteiger charge is -2.26. The Labute approximate surface area is 342 Å². The van der Waals surface area contributed by atoms with Crippen molar-refractivity contribution < 1.29 is 28.8 Å². The lowest BCUT2D eigenvalue weighted by molar-refractivity contribution is -0.133. The van der Waals surface area contributed by atoms with Gasteiger partial charge in [-0.2, -0.15) is 0 Å². The fourth-order valence-corrected chi connectivity index (χ4v) is 6.39. The fraction of sp³-hybridized carbons (Fsp3) is 0.357. The molecule has 0 spiro atoms. The number of hydrogen-bond acceptors (Lipinski definition) is 8. The molecule has 3 aromatic carbocycles. The first-order valence-corrected chi connectivity index (χ1v) is 19.4. The van der Waals surface area contributed by atoms with Crippen LogP contribution in [0.1, 0.15) is 60.2 Å². The van der Waals surface area contributed by atoms with Crippen molar-refractivity contribution in [2.24, 2.45) is 33.8 Å². The van der Waals surface area contributed by atoms with Crippen LogP contribution < -0.4 is 49.5 Å². The van der Waals surface area contributed by atoms with E-state index in [1.165, 1.54) is 0 Å². The Kier molecular flexibility index (Phi) is 17.0. The molecule has 0 radical (unpaired) electrons. The summed E-state index contributed by atoms with van der Waals surface area (Å²) in [5.74, 6) is -4.10. The zero-order valence-corrected chi connectivity index (χ0v) is 33.3. The average Bonchev–Trinajstić information content (AvgIpc) is 3.62. The normalized spacial score (nSPS) is 13.0. The van der Waals surface area contributed by atoms with Crippen molar-refractivity contribution in [2.75, 3.05) is 13.1 Å². The Bertz CT molecular complexity index is 2080. The number of aromatic amines is 1. The predicted molar refractivity (Wildman–Crippen MR) is 225 cm³/mol. The number of aromatic nitrogens is 1. The number of nitrogens with two attached hydrogens (primary N) is 4. The van der Waals surface area contributed by atoms with E-state index in [2.05, 4.69) is 36.6 Å². The quantitative estimate of drug-likeness (QED) is 0.0298. The Morgan fingerprint density at radius 1 is 0.695 bits per heavy atom. The third kappa shape index (κ3) is 14.3. The number of benzene rings is 3. The number of hydrogen-bond donors (Lipinski definition) is 10. The summed E-state index contributed by atoms with van der Waals surface area (Å²) in [7, 11) is 0. The smallest absolute Gasteiger partial charge is 0.251 e. The van der Waals surface area contributed by atoms with E-state index in [0.29, 0.717) is 12.1 Å². The summed E-state index contributed by atoms with van der Waals surface area (Å²) in [6.07, 6.45) is 2.53. The molecule has 4 rings (SSSR count). The lowest BCUT2D eigenvalue weighted by Crippen LogP contribution is -2.57. The molecule has 314 valence electrons. The second-order valence-corrected chi connectivity index (χ2v) is 14.6. The van der Waals surface area contributed by atoms with Crippen molar-refractivity contribution in [1.29, 1.82) is 0 Å². The molecule has 0 bridgehead atoms. The van der Waals surface area contributed by atoms with E-state index in [1.54, 1.807) is 30.5 Å². The molecule has 14 N–H and O–H groups in total. The molecule has 0 aliphatic heterocycles. The van der Waals surface area contributed by atoms with E-state index < -0.39 is 66.2 Å². The van der Waals surface area contributed by atoms with Gasteiger partial charge in [-0.1, -0.05) is 74.5 Å². The molecule has 0 unspecified atom stereocenters. The van der Waals surface area contributed by atoms with Crippen LogP contribution in [0.15, 0.2) is 90.1 Å². The number of nitrogens with one attached hydrogen (secondary N) is 6. The van der Waals surface area contributed by atoms with Gasteiger partial charge in [0.1, 0.15) is 24.2 Å². The standard InChI is InChI=1S/C42H55N11O6/c1-25(2)19-34(50-36(54)24-49-39(57)35(20-26-9-4-3-5-10-26)53-38(56)28-16-14-27(22-43)15-17-28)41(59)51-32(13-8-18-47-42(45)46)40(58)52-33(37(44)55)21-29-23-48-31-12-7-6-11-30(29)31/h3-7,9-12,14-17,23,25,32-35,48H,8,13,18-22,24,43H2,1-2H3,(H2,44,55)(H,49,57)(H,50,54)(H,51,59)(H,52,58)(H,53,56)(H4,45,46,47)/t32-,33-,34-,35-/m0/s1. The summed E-state index contributed by atoms with van der Waals surface area (Å²) in [6, 6.07) is 18.8. The molecule has 4 atom stereocenters. The summed E-state index contributed by atoms with van der Waals surface area (Å²) in [6.45, 7) is 3.68. The third-order valence-corrected chi connectivity index (χ3v) is 9.48. The zero-order valence-electron chi connectivity index (χ0n) is 33.3. The number of H-pyrrole nitrogens is 1. The van der Waals surface area contributed by atoms with Crippen molar-refractivity contribution >= 4 is 52.3 Å². The molecule has 0 fully saturated rings. The Balaban J connectivity index is 1.44. The Morgan fingerprint density at radius 2 is 1.36 bits per heavy atom. The van der Waals surface area contributed by atoms with Crippen LogP contribution in [0.25, 0.3) is 10.9 Å². The van der Waals surface area contributed by atoms with Gasteiger partial charge in [-0.3, -0.25) is 33.8 Å². The summed E-state index contributed by atoms with van der Waals surface area (Å²) in [5.41, 5.74) is 25.9. The molecule has 59 heavy (non-hydrogen) atoms. The van der Waals surface area contributed by atoms with Gasteiger partial charge in [0.05, 0.1) is 6.54 Å². The van der Waals surface area contributed by atoms with Crippen LogP contribution in [-0.2, 0) is 43.4 Å². The average molecular weight is 810 g/mol. The van der Waals surface area contributed by atoms with Crippen molar-refractivity contribution in [2.45, 2.75) is 76.7 Å². The van der Waals surface area contributed by atoms with Crippen LogP contribution in [0, 0.1) is 5.92 Å². The summed E-state index contributed by atoms with van der Waals surface area (Å²) < 4.78 is 0. The van der Waals surface area contributed by atoms with Gasteiger partial charge in [0, 0.05) is 48.6 Å². The zero-order chi connectivity index (χ0) is 42.9. The predicted octanol–water partition coefficient (Wildman–Crippen LogP) is 0.366. The number of nitrogens with zero attached hydrogens (tertiary/aromatic N) is 1. The molecule has 17 nitrogen and oxygen atoms in total. The summed E-state index contributed by atoms with van der Waals surface area (Å²) in [5, 5.41) is 14.3. The van der Waals surface area contributed by atoms with Gasteiger partial charge in [0.25, 0.3) is 5.91 Å². The van der Waals surface area contributed by atoms with E-state index in [0.717, 1.165) is 27.6 Å². The number of primary amides is 1. The summed E-state index contributed by atoms with van der Waals surface area (Å²) in [4.78, 5) is 87.2. The fourth-order valence-electron chi connectivity index (χ4n) is 6.39. The SMILES string of the molecule is CC(C)C[C@H](NC(=O)CNC(=O)[C@H](Cc1ccccc1)NC(=O)c1ccc(CN)cc1)C(=O)N[C@@H](CCCN=C(N)N)C(=O)N[C@@H](Cc1c[nH]c2ccccc12)C(N)=O. The maximum Gasteiger partial charge on any atom is 0.251 e. The first-order chi connectivity index (χ1) is 28.2. The van der Waals surface area contributed by atoms with Crippen molar-refractivity contribution in [3.8, 4) is 0 Å². The monoisotopic (exact) mass is 809 g/mol. The highest BCUT2D eigenvalue weighted by Gasteiger charge is 2.30. The third-order valence-electron chi connectivity index (χ3n) is 9.48. The first kappa shape index (κ1) is 45.0. The number of carbonyl (C=O) groups excluding carboxylic acids is 6. The van der Waals surface area contributed by atoms with Gasteiger partial charge in [0.2, 0.25) is 29.5 Å². The second-order valence-electron chi connectivity index (χ2n) is 14.6. The molecular weight excluding hydrogens is 755 g/mol. The Morgan fingerprint density at radius 3 is 2.02 bits per heavy atom. The van der Waals surface area contributed by atoms with Crippen molar-refractivity contribution in [1.82, 2.24) is 31.6 Å². The van der Waals surface area contributed by atoms with Crippen LogP contribution >= 0.6 is 0 Å². The topological polar surface area (TPSA) is 295 Å². The molecule has 4 aromatic rings. The number of guanidine groups is 1. The lowest BCUT2D eigenvalue weighted by atomic mass is 10.0.